The predicted molar refractivity (Wildman–Crippen MR) is 125 cm³/mol. The van der Waals surface area contributed by atoms with Crippen LogP contribution in [0, 0.1) is 6.92 Å². The first-order chi connectivity index (χ1) is 16.0. The summed E-state index contributed by atoms with van der Waals surface area (Å²) in [6, 6.07) is 17.4. The number of carbonyl (C=O) groups excluding carboxylic acids is 2. The van der Waals surface area contributed by atoms with Crippen molar-refractivity contribution >= 4 is 17.4 Å². The van der Waals surface area contributed by atoms with E-state index in [4.69, 9.17) is 4.74 Å². The molecular weight excluding hydrogens is 416 g/mol. The third-order valence-corrected chi connectivity index (χ3v) is 5.59. The smallest absolute Gasteiger partial charge is 0.295 e. The van der Waals surface area contributed by atoms with Gasteiger partial charge in [0.1, 0.15) is 11.5 Å². The fourth-order valence-corrected chi connectivity index (χ4v) is 3.94. The van der Waals surface area contributed by atoms with Crippen LogP contribution in [0.3, 0.4) is 0 Å². The number of aliphatic hydroxyl groups excluding tert-OH is 1. The van der Waals surface area contributed by atoms with Crippen molar-refractivity contribution in [2.75, 3.05) is 6.61 Å². The van der Waals surface area contributed by atoms with Crippen LogP contribution in [0.2, 0.25) is 0 Å². The van der Waals surface area contributed by atoms with Crippen LogP contribution in [0.15, 0.2) is 78.6 Å². The molecule has 1 atom stereocenters. The molecule has 1 aromatic heterocycles. The number of aryl methyl sites for hydroxylation is 1. The van der Waals surface area contributed by atoms with Crippen LogP contribution >= 0.6 is 0 Å². The average molecular weight is 443 g/mol. The summed E-state index contributed by atoms with van der Waals surface area (Å²) in [5, 5.41) is 11.2. The molecule has 0 radical (unpaired) electrons. The Hall–Kier alpha value is -3.93. The van der Waals surface area contributed by atoms with Crippen molar-refractivity contribution < 1.29 is 19.4 Å². The minimum Gasteiger partial charge on any atom is -0.507 e. The number of benzene rings is 2. The van der Waals surface area contributed by atoms with Crippen molar-refractivity contribution in [2.24, 2.45) is 0 Å². The second-order valence-electron chi connectivity index (χ2n) is 8.08. The second kappa shape index (κ2) is 9.69. The predicted octanol–water partition coefficient (Wildman–Crippen LogP) is 4.80. The normalized spacial score (nSPS) is 17.4. The molecule has 2 aromatic carbocycles. The Kier molecular flexibility index (Phi) is 6.54. The molecule has 2 heterocycles. The van der Waals surface area contributed by atoms with Crippen LogP contribution in [0.1, 0.15) is 41.6 Å². The Morgan fingerprint density at radius 3 is 2.58 bits per heavy atom. The molecule has 1 fully saturated rings. The van der Waals surface area contributed by atoms with Gasteiger partial charge in [0.05, 0.1) is 18.2 Å². The molecule has 0 spiro atoms. The summed E-state index contributed by atoms with van der Waals surface area (Å²) >= 11 is 0. The molecule has 0 aliphatic carbocycles. The molecular formula is C27H26N2O4. The maximum absolute atomic E-state index is 13.2. The lowest BCUT2D eigenvalue weighted by atomic mass is 9.94. The fraction of sp³-hybridized carbons (Fsp3) is 0.222. The number of hydrogen-bond acceptors (Lipinski definition) is 5. The van der Waals surface area contributed by atoms with Gasteiger partial charge in [0, 0.05) is 24.5 Å². The quantitative estimate of drug-likeness (QED) is 0.323. The van der Waals surface area contributed by atoms with Crippen LogP contribution in [0.25, 0.3) is 5.76 Å². The molecule has 168 valence electrons. The monoisotopic (exact) mass is 442 g/mol. The summed E-state index contributed by atoms with van der Waals surface area (Å²) in [7, 11) is 0. The minimum absolute atomic E-state index is 0.0698. The standard InChI is InChI=1S/C27H26N2O4/c1-3-14-33-22-8-4-7-21(15-22)24-23(25(30)20-11-9-18(2)10-12-20)26(31)27(32)29(24)17-19-6-5-13-28-16-19/h4-13,15-16,24,30H,3,14,17H2,1-2H3/b25-23+/t24-/m0/s1. The van der Waals surface area contributed by atoms with Crippen LogP contribution in [-0.2, 0) is 16.1 Å². The van der Waals surface area contributed by atoms with Crippen molar-refractivity contribution in [1.29, 1.82) is 0 Å². The van der Waals surface area contributed by atoms with Crippen molar-refractivity contribution in [3.63, 3.8) is 0 Å². The number of hydrogen-bond donors (Lipinski definition) is 1. The van der Waals surface area contributed by atoms with E-state index in [1.165, 1.54) is 4.90 Å². The van der Waals surface area contributed by atoms with Gasteiger partial charge in [-0.2, -0.15) is 0 Å². The molecule has 4 rings (SSSR count). The van der Waals surface area contributed by atoms with Gasteiger partial charge in [0.15, 0.2) is 0 Å². The molecule has 1 N–H and O–H groups in total. The van der Waals surface area contributed by atoms with Crippen LogP contribution < -0.4 is 4.74 Å². The number of ether oxygens (including phenoxy) is 1. The number of aromatic nitrogens is 1. The number of amides is 1. The number of likely N-dealkylation sites (tertiary alicyclic amines) is 1. The second-order valence-corrected chi connectivity index (χ2v) is 8.08. The van der Waals surface area contributed by atoms with Gasteiger partial charge in [-0.1, -0.05) is 55.0 Å². The number of ketones is 1. The van der Waals surface area contributed by atoms with E-state index in [0.717, 1.165) is 17.5 Å². The number of pyridine rings is 1. The van der Waals surface area contributed by atoms with E-state index in [1.807, 2.05) is 56.3 Å². The topological polar surface area (TPSA) is 79.7 Å². The maximum atomic E-state index is 13.2. The number of nitrogens with zero attached hydrogens (tertiary/aromatic N) is 2. The van der Waals surface area contributed by atoms with Crippen molar-refractivity contribution in [3.05, 3.63) is 101 Å². The van der Waals surface area contributed by atoms with E-state index in [9.17, 15) is 14.7 Å². The van der Waals surface area contributed by atoms with E-state index >= 15 is 0 Å². The summed E-state index contributed by atoms with van der Waals surface area (Å²) < 4.78 is 5.78. The zero-order valence-corrected chi connectivity index (χ0v) is 18.7. The van der Waals surface area contributed by atoms with Crippen LogP contribution in [0.5, 0.6) is 5.75 Å². The van der Waals surface area contributed by atoms with E-state index in [1.54, 1.807) is 30.6 Å². The fourth-order valence-electron chi connectivity index (χ4n) is 3.94. The Morgan fingerprint density at radius 2 is 1.88 bits per heavy atom. The molecule has 0 saturated carbocycles. The zero-order valence-electron chi connectivity index (χ0n) is 18.7. The number of carbonyl (C=O) groups is 2. The third kappa shape index (κ3) is 4.65. The molecule has 0 unspecified atom stereocenters. The summed E-state index contributed by atoms with van der Waals surface area (Å²) in [5.74, 6) is -0.900. The summed E-state index contributed by atoms with van der Waals surface area (Å²) in [4.78, 5) is 31.9. The average Bonchev–Trinajstić information content (AvgIpc) is 3.08. The molecule has 6 heteroatoms. The lowest BCUT2D eigenvalue weighted by molar-refractivity contribution is -0.140. The Labute approximate surface area is 193 Å². The largest absolute Gasteiger partial charge is 0.507 e. The van der Waals surface area contributed by atoms with E-state index in [0.29, 0.717) is 23.5 Å². The first-order valence-corrected chi connectivity index (χ1v) is 11.0. The molecule has 1 amide bonds. The van der Waals surface area contributed by atoms with Gasteiger partial charge in [-0.15, -0.1) is 0 Å². The Balaban J connectivity index is 1.84. The van der Waals surface area contributed by atoms with E-state index in [-0.39, 0.29) is 17.9 Å². The molecule has 6 nitrogen and oxygen atoms in total. The van der Waals surface area contributed by atoms with Gasteiger partial charge in [0.2, 0.25) is 0 Å². The van der Waals surface area contributed by atoms with Crippen LogP contribution in [-0.4, -0.2) is 33.3 Å². The van der Waals surface area contributed by atoms with Crippen molar-refractivity contribution in [2.45, 2.75) is 32.9 Å². The lowest BCUT2D eigenvalue weighted by Crippen LogP contribution is -2.29. The number of Topliss-reactive ketones (excluding diaryl/α,β-unsaturated/α-hetero) is 1. The third-order valence-electron chi connectivity index (χ3n) is 5.59. The minimum atomic E-state index is -0.753. The summed E-state index contributed by atoms with van der Waals surface area (Å²) in [6.07, 6.45) is 4.18. The molecule has 1 saturated heterocycles. The highest BCUT2D eigenvalue weighted by Gasteiger charge is 2.46. The highest BCUT2D eigenvalue weighted by atomic mass is 16.5. The molecule has 1 aliphatic heterocycles. The summed E-state index contributed by atoms with van der Waals surface area (Å²) in [5.41, 5.74) is 3.07. The lowest BCUT2D eigenvalue weighted by Gasteiger charge is -2.25. The van der Waals surface area contributed by atoms with Crippen molar-refractivity contribution in [3.8, 4) is 5.75 Å². The van der Waals surface area contributed by atoms with Crippen molar-refractivity contribution in [1.82, 2.24) is 9.88 Å². The van der Waals surface area contributed by atoms with E-state index < -0.39 is 17.7 Å². The molecule has 1 aliphatic rings. The maximum Gasteiger partial charge on any atom is 0.295 e. The van der Waals surface area contributed by atoms with Gasteiger partial charge < -0.3 is 14.7 Å². The summed E-state index contributed by atoms with van der Waals surface area (Å²) in [6.45, 7) is 4.71. The van der Waals surface area contributed by atoms with Crippen LogP contribution in [0.4, 0.5) is 0 Å². The van der Waals surface area contributed by atoms with Gasteiger partial charge in [-0.25, -0.2) is 0 Å². The Morgan fingerprint density at radius 1 is 1.09 bits per heavy atom. The Bertz CT molecular complexity index is 1190. The van der Waals surface area contributed by atoms with Gasteiger partial charge in [-0.3, -0.25) is 14.6 Å². The highest BCUT2D eigenvalue weighted by Crippen LogP contribution is 2.41. The zero-order chi connectivity index (χ0) is 23.4. The first kappa shape index (κ1) is 22.3. The van der Waals surface area contributed by atoms with Gasteiger partial charge >= 0.3 is 0 Å². The molecule has 3 aromatic rings. The first-order valence-electron chi connectivity index (χ1n) is 11.0. The van der Waals surface area contributed by atoms with E-state index in [2.05, 4.69) is 4.98 Å². The number of aliphatic hydroxyl groups is 1. The SMILES string of the molecule is CCCOc1cccc([C@H]2/C(=C(\O)c3ccc(C)cc3)C(=O)C(=O)N2Cc2cccnc2)c1. The van der Waals surface area contributed by atoms with Gasteiger partial charge in [-0.05, 0) is 42.7 Å². The molecule has 33 heavy (non-hydrogen) atoms. The molecule has 0 bridgehead atoms. The number of rotatable bonds is 7. The van der Waals surface area contributed by atoms with Gasteiger partial charge in [0.25, 0.3) is 11.7 Å². The highest BCUT2D eigenvalue weighted by molar-refractivity contribution is 6.46.